The quantitative estimate of drug-likeness (QED) is 0.0239. The zero-order chi connectivity index (χ0) is 50.8. The zero-order valence-electron chi connectivity index (χ0n) is 39.6. The molecule has 7 rings (SSSR count). The van der Waals surface area contributed by atoms with E-state index in [1.54, 1.807) is 6.07 Å². The number of carbonyl (C=O) groups is 3. The largest absolute Gasteiger partial charge is 1.00 e. The number of hydrogen-bond donors (Lipinski definition) is 11. The standard InChI is InChI=1S/C39H27N5O17S4.C2H7NO.2Cu.4Na.H2O/c45-29-13-20(9-11-25(29)41-43-27-17-32(63(53,54)55)23-7-4-8-31(62(50,51)52)35(23)37(27)47)21-10-12-26(30(46)14-21)42-44-28-18-33(64(56,57)58)24-15-22(40-39(49)19-5-2-1-3-6-19)16-34(65(59,60)61)36(24)38(28)48;3-1-2-4;;;;;;;/h1-18,41-42,45-46H,(H,40,49)(H,50,51,52)(H,53,54,55)(H,56,57,58)(H,59,60,61);4H,1-3H2;;;;;;;1H2/q;;;;4*+1;/b43-27+,44-28+;;;;;;;;. The minimum Gasteiger partial charge on any atom is -0.506 e. The Labute approximate surface area is 543 Å². The maximum atomic E-state index is 13.7. The van der Waals surface area contributed by atoms with E-state index >= 15 is 0 Å². The normalized spacial score (nSPS) is 13.6. The fourth-order valence-corrected chi connectivity index (χ4v) is 9.39. The van der Waals surface area contributed by atoms with Gasteiger partial charge in [-0.15, -0.1) is 0 Å². The molecule has 0 aliphatic heterocycles. The molecule has 0 unspecified atom stereocenters. The molecule has 2 radical (unpaired) electrons. The van der Waals surface area contributed by atoms with Crippen LogP contribution in [-0.4, -0.2) is 115 Å². The molecule has 2 aliphatic rings. The molecule has 76 heavy (non-hydrogen) atoms. The summed E-state index contributed by atoms with van der Waals surface area (Å²) in [6.07, 6.45) is 1.23. The zero-order valence-corrected chi connectivity index (χ0v) is 52.8. The van der Waals surface area contributed by atoms with Gasteiger partial charge in [0.2, 0.25) is 11.6 Å². The Morgan fingerprint density at radius 2 is 0.974 bits per heavy atom. The van der Waals surface area contributed by atoms with Gasteiger partial charge in [0.25, 0.3) is 46.4 Å². The van der Waals surface area contributed by atoms with Crippen molar-refractivity contribution in [3.8, 4) is 22.6 Å². The first-order chi connectivity index (χ1) is 32.2. The van der Waals surface area contributed by atoms with E-state index < -0.39 is 123 Å². The first-order valence-corrected chi connectivity index (χ1v) is 24.8. The molecular formula is C41H36Cu2N6Na4O19S4+4. The number of fused-ring (bicyclic) bond motifs is 2. The number of nitrogens with one attached hydrogen (secondary N) is 3. The number of amides is 1. The van der Waals surface area contributed by atoms with E-state index in [0.717, 1.165) is 36.4 Å². The summed E-state index contributed by atoms with van der Waals surface area (Å²) in [5, 5.41) is 39.3. The van der Waals surface area contributed by atoms with Crippen LogP contribution in [0.2, 0.25) is 0 Å². The summed E-state index contributed by atoms with van der Waals surface area (Å²) in [5.74, 6) is -4.30. The van der Waals surface area contributed by atoms with E-state index in [4.69, 9.17) is 10.8 Å². The Morgan fingerprint density at radius 3 is 1.37 bits per heavy atom. The first kappa shape index (κ1) is 75.6. The van der Waals surface area contributed by atoms with Crippen molar-refractivity contribution < 1.29 is 239 Å². The molecule has 1 amide bonds. The van der Waals surface area contributed by atoms with Crippen molar-refractivity contribution in [1.82, 2.24) is 0 Å². The van der Waals surface area contributed by atoms with Crippen LogP contribution in [0.1, 0.15) is 42.2 Å². The molecule has 14 N–H and O–H groups in total. The second-order valence-corrected chi connectivity index (χ2v) is 19.7. The number of nitrogens with two attached hydrogens (primary N) is 1. The molecule has 5 aromatic rings. The summed E-state index contributed by atoms with van der Waals surface area (Å²) in [6.45, 7) is 0.472. The fourth-order valence-electron chi connectivity index (χ4n) is 6.53. The van der Waals surface area contributed by atoms with Gasteiger partial charge in [-0.1, -0.05) is 42.5 Å². The summed E-state index contributed by atoms with van der Waals surface area (Å²) in [4.78, 5) is 35.7. The number of phenolic OH excluding ortho intramolecular Hbond substituents is 2. The summed E-state index contributed by atoms with van der Waals surface area (Å²) >= 11 is 0. The van der Waals surface area contributed by atoms with Crippen molar-refractivity contribution in [2.45, 2.75) is 9.79 Å². The number of phenols is 2. The number of ketones is 2. The van der Waals surface area contributed by atoms with Crippen molar-refractivity contribution in [2.24, 2.45) is 15.9 Å². The first-order valence-electron chi connectivity index (χ1n) is 19.0. The topological polar surface area (TPSA) is 448 Å². The van der Waals surface area contributed by atoms with Crippen molar-refractivity contribution in [3.05, 3.63) is 137 Å². The van der Waals surface area contributed by atoms with Gasteiger partial charge < -0.3 is 31.8 Å². The van der Waals surface area contributed by atoms with Gasteiger partial charge in [0, 0.05) is 63.1 Å². The third kappa shape index (κ3) is 18.0. The van der Waals surface area contributed by atoms with Gasteiger partial charge in [-0.05, 0) is 77.9 Å². The predicted octanol–water partition coefficient (Wildman–Crippen LogP) is -9.58. The van der Waals surface area contributed by atoms with E-state index in [-0.39, 0.29) is 198 Å². The van der Waals surface area contributed by atoms with E-state index in [1.807, 2.05) is 0 Å². The number of anilines is 3. The van der Waals surface area contributed by atoms with Crippen LogP contribution < -0.4 is 140 Å². The summed E-state index contributed by atoms with van der Waals surface area (Å²) in [6, 6.07) is 19.5. The molecular weight excluding hydrogens is 1230 g/mol. The van der Waals surface area contributed by atoms with E-state index in [2.05, 4.69) is 26.4 Å². The van der Waals surface area contributed by atoms with Crippen molar-refractivity contribution >= 4 is 96.2 Å². The molecule has 25 nitrogen and oxygen atoms in total. The second kappa shape index (κ2) is 30.9. The molecule has 0 saturated carbocycles. The van der Waals surface area contributed by atoms with Gasteiger partial charge in [-0.3, -0.25) is 43.4 Å². The maximum Gasteiger partial charge on any atom is 1.00 e. The van der Waals surface area contributed by atoms with Gasteiger partial charge in [0.15, 0.2) is 0 Å². The number of rotatable bonds is 12. The van der Waals surface area contributed by atoms with Crippen LogP contribution >= 0.6 is 0 Å². The Balaban J connectivity index is 0. The van der Waals surface area contributed by atoms with Crippen molar-refractivity contribution in [1.29, 1.82) is 0 Å². The number of aromatic hydroxyl groups is 2. The monoisotopic (exact) mass is 1260 g/mol. The third-order valence-corrected chi connectivity index (χ3v) is 13.1. The third-order valence-electron chi connectivity index (χ3n) is 9.57. The van der Waals surface area contributed by atoms with Crippen molar-refractivity contribution in [3.63, 3.8) is 0 Å². The maximum absolute atomic E-state index is 13.7. The minimum absolute atomic E-state index is 0. The smallest absolute Gasteiger partial charge is 0.506 e. The van der Waals surface area contributed by atoms with Crippen LogP contribution in [0.3, 0.4) is 0 Å². The fraction of sp³-hybridized carbons (Fsp3) is 0.0488. The van der Waals surface area contributed by atoms with Crippen molar-refractivity contribution in [2.75, 3.05) is 29.3 Å². The Kier molecular flexibility index (Phi) is 30.7. The van der Waals surface area contributed by atoms with Crippen LogP contribution in [0.4, 0.5) is 17.1 Å². The van der Waals surface area contributed by atoms with Crippen LogP contribution in [-0.2, 0) is 74.6 Å². The number of hydrogen-bond acceptors (Lipinski definition) is 19. The molecule has 0 atom stereocenters. The number of hydrazone groups is 2. The Morgan fingerprint density at radius 1 is 0.553 bits per heavy atom. The molecule has 0 bridgehead atoms. The summed E-state index contributed by atoms with van der Waals surface area (Å²) < 4.78 is 138. The number of Topliss-reactive ketones (excluding diaryl/α,β-unsaturated/α-hetero) is 2. The predicted molar refractivity (Wildman–Crippen MR) is 252 cm³/mol. The van der Waals surface area contributed by atoms with Gasteiger partial charge >= 0.3 is 118 Å². The van der Waals surface area contributed by atoms with Gasteiger partial charge in [0.1, 0.15) is 42.5 Å². The molecule has 2 aliphatic carbocycles. The Bertz CT molecular complexity index is 3610. The molecule has 0 heterocycles. The van der Waals surface area contributed by atoms with E-state index in [0.29, 0.717) is 24.8 Å². The van der Waals surface area contributed by atoms with Gasteiger partial charge in [0.05, 0.1) is 29.1 Å². The van der Waals surface area contributed by atoms with Crippen LogP contribution in [0.25, 0.3) is 20.9 Å². The average Bonchev–Trinajstić information content (AvgIpc) is 3.27. The minimum atomic E-state index is -5.33. The van der Waals surface area contributed by atoms with Gasteiger partial charge in [-0.2, -0.15) is 43.9 Å². The molecule has 390 valence electrons. The number of aliphatic hydroxyl groups excluding tert-OH is 1. The summed E-state index contributed by atoms with van der Waals surface area (Å²) in [5.41, 5.74) is 4.72. The van der Waals surface area contributed by atoms with Crippen LogP contribution in [0.5, 0.6) is 11.5 Å². The average molecular weight is 1260 g/mol. The summed E-state index contributed by atoms with van der Waals surface area (Å²) in [7, 11) is -20.8. The number of nitrogens with zero attached hydrogens (tertiary/aromatic N) is 2. The van der Waals surface area contributed by atoms with E-state index in [1.165, 1.54) is 48.5 Å². The Hall–Kier alpha value is -2.51. The second-order valence-electron chi connectivity index (χ2n) is 14.2. The SMILES string of the molecule is NCCO.O.O=C(Nc1cc2c(c(S(=O)(=O)O)c1)C(=O)/C(=N/Nc1ccc(-c3ccc(N/N=C4\C=C(S(=O)(=O)O)c5cccc(S(=O)(=O)O)c5C4=O)c(O)c3)cc1O)C=C2S(=O)(=O)O)c1ccccc1.[Cu].[Cu].[Na+].[Na+].[Na+].[Na+]. The molecule has 0 fully saturated rings. The van der Waals surface area contributed by atoms with Crippen LogP contribution in [0, 0.1) is 0 Å². The number of benzene rings is 5. The molecule has 5 aromatic carbocycles. The number of aliphatic hydroxyl groups is 1. The molecule has 0 aromatic heterocycles. The number of carbonyl (C=O) groups excluding carboxylic acids is 3. The molecule has 35 heteroatoms. The van der Waals surface area contributed by atoms with E-state index in [9.17, 15) is 76.5 Å². The van der Waals surface area contributed by atoms with Gasteiger partial charge in [-0.25, -0.2) is 0 Å². The molecule has 0 spiro atoms. The number of allylic oxidation sites excluding steroid dienone is 2. The molecule has 0 saturated heterocycles. The van der Waals surface area contributed by atoms with Crippen LogP contribution in [0.15, 0.2) is 129 Å².